The van der Waals surface area contributed by atoms with Crippen LogP contribution in [-0.2, 0) is 0 Å². The van der Waals surface area contributed by atoms with Gasteiger partial charge in [-0.25, -0.2) is 0 Å². The van der Waals surface area contributed by atoms with Gasteiger partial charge in [0, 0.05) is 49.5 Å². The lowest BCUT2D eigenvalue weighted by Crippen LogP contribution is -2.49. The zero-order valence-electron chi connectivity index (χ0n) is 13.5. The van der Waals surface area contributed by atoms with Crippen LogP contribution in [0.25, 0.3) is 10.9 Å². The zero-order valence-corrected chi connectivity index (χ0v) is 13.5. The van der Waals surface area contributed by atoms with Gasteiger partial charge in [-0.3, -0.25) is 9.88 Å². The van der Waals surface area contributed by atoms with Crippen LogP contribution in [-0.4, -0.2) is 42.1 Å². The van der Waals surface area contributed by atoms with Gasteiger partial charge in [0.15, 0.2) is 0 Å². The molecule has 2 aromatic rings. The molecule has 0 unspecified atom stereocenters. The number of aryl methyl sites for hydroxylation is 1. The Morgan fingerprint density at radius 1 is 1.00 bits per heavy atom. The van der Waals surface area contributed by atoms with Crippen LogP contribution in [0.4, 0.5) is 5.69 Å². The fourth-order valence-electron chi connectivity index (χ4n) is 4.12. The lowest BCUT2D eigenvalue weighted by atomic mass is 10.1. The van der Waals surface area contributed by atoms with E-state index in [9.17, 15) is 0 Å². The molecule has 1 aliphatic heterocycles. The first-order chi connectivity index (χ1) is 10.8. The molecule has 4 rings (SSSR count). The number of hydrogen-bond acceptors (Lipinski definition) is 3. The number of piperazine rings is 1. The van der Waals surface area contributed by atoms with E-state index in [2.05, 4.69) is 46.0 Å². The Morgan fingerprint density at radius 3 is 2.55 bits per heavy atom. The van der Waals surface area contributed by atoms with Crippen LogP contribution in [0, 0.1) is 6.92 Å². The molecule has 1 aliphatic carbocycles. The van der Waals surface area contributed by atoms with Gasteiger partial charge in [-0.1, -0.05) is 24.5 Å². The van der Waals surface area contributed by atoms with Crippen LogP contribution >= 0.6 is 0 Å². The van der Waals surface area contributed by atoms with Crippen molar-refractivity contribution in [2.45, 2.75) is 38.6 Å². The van der Waals surface area contributed by atoms with Gasteiger partial charge >= 0.3 is 0 Å². The lowest BCUT2D eigenvalue weighted by molar-refractivity contribution is 0.187. The largest absolute Gasteiger partial charge is 0.368 e. The van der Waals surface area contributed by atoms with Gasteiger partial charge in [0.25, 0.3) is 0 Å². The van der Waals surface area contributed by atoms with Gasteiger partial charge in [0.1, 0.15) is 0 Å². The van der Waals surface area contributed by atoms with Crippen molar-refractivity contribution in [1.29, 1.82) is 0 Å². The average Bonchev–Trinajstić information content (AvgIpc) is 3.09. The van der Waals surface area contributed by atoms with Crippen molar-refractivity contribution < 1.29 is 0 Å². The highest BCUT2D eigenvalue weighted by Crippen LogP contribution is 2.29. The third-order valence-electron chi connectivity index (χ3n) is 5.37. The number of pyridine rings is 1. The van der Waals surface area contributed by atoms with Gasteiger partial charge in [-0.05, 0) is 38.0 Å². The van der Waals surface area contributed by atoms with E-state index in [0.29, 0.717) is 0 Å². The molecule has 3 nitrogen and oxygen atoms in total. The first-order valence-electron chi connectivity index (χ1n) is 8.66. The molecule has 0 radical (unpaired) electrons. The fourth-order valence-corrected chi connectivity index (χ4v) is 4.12. The second-order valence-corrected chi connectivity index (χ2v) is 6.81. The quantitative estimate of drug-likeness (QED) is 0.844. The second kappa shape index (κ2) is 5.88. The van der Waals surface area contributed by atoms with Gasteiger partial charge in [-0.15, -0.1) is 0 Å². The molecule has 0 spiro atoms. The van der Waals surface area contributed by atoms with Crippen molar-refractivity contribution in [3.8, 4) is 0 Å². The van der Waals surface area contributed by atoms with E-state index in [4.69, 9.17) is 0 Å². The number of hydrogen-bond donors (Lipinski definition) is 0. The number of anilines is 1. The molecule has 0 atom stereocenters. The van der Waals surface area contributed by atoms with E-state index >= 15 is 0 Å². The van der Waals surface area contributed by atoms with Crippen molar-refractivity contribution in [3.05, 3.63) is 36.0 Å². The Morgan fingerprint density at radius 2 is 1.77 bits per heavy atom. The summed E-state index contributed by atoms with van der Waals surface area (Å²) >= 11 is 0. The Labute approximate surface area is 132 Å². The van der Waals surface area contributed by atoms with Crippen LogP contribution in [0.3, 0.4) is 0 Å². The number of nitrogens with zero attached hydrogens (tertiary/aromatic N) is 3. The lowest BCUT2D eigenvalue weighted by Gasteiger charge is -2.39. The van der Waals surface area contributed by atoms with Crippen molar-refractivity contribution in [3.63, 3.8) is 0 Å². The molecule has 3 heteroatoms. The van der Waals surface area contributed by atoms with Crippen LogP contribution in [0.5, 0.6) is 0 Å². The number of fused-ring (bicyclic) bond motifs is 1. The molecule has 0 N–H and O–H groups in total. The topological polar surface area (TPSA) is 19.4 Å². The normalized spacial score (nSPS) is 20.9. The Hall–Kier alpha value is -1.61. The van der Waals surface area contributed by atoms with E-state index in [0.717, 1.165) is 24.6 Å². The molecule has 0 bridgehead atoms. The highest BCUT2D eigenvalue weighted by Gasteiger charge is 2.26. The minimum absolute atomic E-state index is 0.860. The molecule has 1 aromatic carbocycles. The molecular formula is C19H25N3. The SMILES string of the molecule is Cc1ccc2nccc(N3CCN(C4CCCC4)CC3)c2c1. The van der Waals surface area contributed by atoms with E-state index < -0.39 is 0 Å². The molecule has 2 aliphatic rings. The monoisotopic (exact) mass is 295 g/mol. The van der Waals surface area contributed by atoms with Crippen molar-refractivity contribution in [1.82, 2.24) is 9.88 Å². The van der Waals surface area contributed by atoms with Gasteiger partial charge in [0.2, 0.25) is 0 Å². The summed E-state index contributed by atoms with van der Waals surface area (Å²) in [5.41, 5.74) is 3.78. The van der Waals surface area contributed by atoms with Gasteiger partial charge < -0.3 is 4.90 Å². The van der Waals surface area contributed by atoms with Crippen molar-refractivity contribution in [2.24, 2.45) is 0 Å². The molecule has 116 valence electrons. The average molecular weight is 295 g/mol. The maximum atomic E-state index is 4.52. The number of benzene rings is 1. The summed E-state index contributed by atoms with van der Waals surface area (Å²) in [7, 11) is 0. The Kier molecular flexibility index (Phi) is 3.75. The zero-order chi connectivity index (χ0) is 14.9. The third kappa shape index (κ3) is 2.58. The van der Waals surface area contributed by atoms with E-state index in [1.807, 2.05) is 6.20 Å². The van der Waals surface area contributed by atoms with Crippen LogP contribution in [0.15, 0.2) is 30.5 Å². The minimum Gasteiger partial charge on any atom is -0.368 e. The predicted molar refractivity (Wildman–Crippen MR) is 92.5 cm³/mol. The first-order valence-corrected chi connectivity index (χ1v) is 8.66. The van der Waals surface area contributed by atoms with E-state index in [-0.39, 0.29) is 0 Å². The molecule has 1 saturated carbocycles. The molecule has 2 fully saturated rings. The molecule has 22 heavy (non-hydrogen) atoms. The maximum Gasteiger partial charge on any atom is 0.0722 e. The van der Waals surface area contributed by atoms with Crippen LogP contribution in [0.1, 0.15) is 31.2 Å². The van der Waals surface area contributed by atoms with Crippen molar-refractivity contribution in [2.75, 3.05) is 31.1 Å². The maximum absolute atomic E-state index is 4.52. The van der Waals surface area contributed by atoms with Crippen LogP contribution < -0.4 is 4.90 Å². The standard InChI is InChI=1S/C19H25N3/c1-15-6-7-18-17(14-15)19(8-9-20-18)22-12-10-21(11-13-22)16-4-2-3-5-16/h6-9,14,16H,2-5,10-13H2,1H3. The van der Waals surface area contributed by atoms with Crippen LogP contribution in [0.2, 0.25) is 0 Å². The minimum atomic E-state index is 0.860. The molecule has 1 saturated heterocycles. The van der Waals surface area contributed by atoms with Gasteiger partial charge in [-0.2, -0.15) is 0 Å². The third-order valence-corrected chi connectivity index (χ3v) is 5.37. The molecule has 1 aromatic heterocycles. The van der Waals surface area contributed by atoms with Gasteiger partial charge in [0.05, 0.1) is 5.52 Å². The fraction of sp³-hybridized carbons (Fsp3) is 0.526. The smallest absolute Gasteiger partial charge is 0.0722 e. The van der Waals surface area contributed by atoms with Crippen molar-refractivity contribution >= 4 is 16.6 Å². The summed E-state index contributed by atoms with van der Waals surface area (Å²) in [6.45, 7) is 6.86. The summed E-state index contributed by atoms with van der Waals surface area (Å²) in [4.78, 5) is 9.79. The first kappa shape index (κ1) is 14.0. The number of rotatable bonds is 2. The molecule has 0 amide bonds. The Balaban J connectivity index is 1.55. The van der Waals surface area contributed by atoms with E-state index in [1.165, 1.54) is 55.4 Å². The summed E-state index contributed by atoms with van der Waals surface area (Å²) in [6.07, 6.45) is 7.64. The summed E-state index contributed by atoms with van der Waals surface area (Å²) in [6, 6.07) is 9.62. The molecule has 2 heterocycles. The summed E-state index contributed by atoms with van der Waals surface area (Å²) < 4.78 is 0. The highest BCUT2D eigenvalue weighted by molar-refractivity contribution is 5.92. The molecular weight excluding hydrogens is 270 g/mol. The number of aromatic nitrogens is 1. The summed E-state index contributed by atoms with van der Waals surface area (Å²) in [5, 5.41) is 1.30. The Bertz CT molecular complexity index is 653. The second-order valence-electron chi connectivity index (χ2n) is 6.81. The highest BCUT2D eigenvalue weighted by atomic mass is 15.3. The summed E-state index contributed by atoms with van der Waals surface area (Å²) in [5.74, 6) is 0. The van der Waals surface area contributed by atoms with E-state index in [1.54, 1.807) is 0 Å². The predicted octanol–water partition coefficient (Wildman–Crippen LogP) is 3.61.